The molecule has 1 aromatic carbocycles. The summed E-state index contributed by atoms with van der Waals surface area (Å²) >= 11 is 0. The van der Waals surface area contributed by atoms with Crippen LogP contribution in [0.15, 0.2) is 24.3 Å². The van der Waals surface area contributed by atoms with Gasteiger partial charge in [0, 0.05) is 37.2 Å². The maximum absolute atomic E-state index is 12.2. The predicted molar refractivity (Wildman–Crippen MR) is 90.4 cm³/mol. The van der Waals surface area contributed by atoms with Crippen molar-refractivity contribution in [1.29, 1.82) is 0 Å². The lowest BCUT2D eigenvalue weighted by molar-refractivity contribution is -0.122. The van der Waals surface area contributed by atoms with E-state index in [9.17, 15) is 9.59 Å². The molecule has 1 fully saturated rings. The molecule has 124 valence electrons. The number of hydrogen-bond acceptors (Lipinski definition) is 3. The minimum atomic E-state index is 0.0416. The fourth-order valence-corrected chi connectivity index (χ4v) is 3.52. The molecule has 0 aromatic heterocycles. The fraction of sp³-hybridized carbons (Fsp3) is 0.556. The zero-order valence-electron chi connectivity index (χ0n) is 13.7. The van der Waals surface area contributed by atoms with Gasteiger partial charge in [-0.1, -0.05) is 18.2 Å². The summed E-state index contributed by atoms with van der Waals surface area (Å²) in [4.78, 5) is 26.2. The van der Waals surface area contributed by atoms with Crippen molar-refractivity contribution < 1.29 is 9.59 Å². The van der Waals surface area contributed by atoms with Crippen LogP contribution < -0.4 is 15.5 Å². The largest absolute Gasteiger partial charge is 0.353 e. The Hall–Kier alpha value is -1.88. The van der Waals surface area contributed by atoms with E-state index in [1.165, 1.54) is 5.56 Å². The number of fused-ring (bicyclic) bond motifs is 1. The van der Waals surface area contributed by atoms with Crippen molar-refractivity contribution in [2.45, 2.75) is 51.1 Å². The Bertz CT molecular complexity index is 587. The summed E-state index contributed by atoms with van der Waals surface area (Å²) in [5.41, 5.74) is 2.16. The van der Waals surface area contributed by atoms with E-state index in [2.05, 4.69) is 23.6 Å². The second kappa shape index (κ2) is 7.13. The first kappa shape index (κ1) is 16.0. The third kappa shape index (κ3) is 3.91. The first-order chi connectivity index (χ1) is 11.1. The lowest BCUT2D eigenvalue weighted by atomic mass is 10.00. The smallest absolute Gasteiger partial charge is 0.227 e. The number of carbonyl (C=O) groups excluding carboxylic acids is 2. The molecule has 0 aliphatic carbocycles. The zero-order chi connectivity index (χ0) is 16.2. The van der Waals surface area contributed by atoms with E-state index in [0.29, 0.717) is 25.4 Å². The fourth-order valence-electron chi connectivity index (χ4n) is 3.52. The Morgan fingerprint density at radius 3 is 3.00 bits per heavy atom. The summed E-state index contributed by atoms with van der Waals surface area (Å²) < 4.78 is 0. The van der Waals surface area contributed by atoms with E-state index < -0.39 is 0 Å². The van der Waals surface area contributed by atoms with Gasteiger partial charge >= 0.3 is 0 Å². The van der Waals surface area contributed by atoms with E-state index in [1.807, 2.05) is 18.2 Å². The number of amides is 2. The summed E-state index contributed by atoms with van der Waals surface area (Å²) in [6.45, 7) is 3.55. The number of rotatable bonds is 4. The van der Waals surface area contributed by atoms with Gasteiger partial charge in [0.1, 0.15) is 0 Å². The van der Waals surface area contributed by atoms with E-state index in [-0.39, 0.29) is 17.9 Å². The van der Waals surface area contributed by atoms with Gasteiger partial charge in [-0.15, -0.1) is 0 Å². The highest BCUT2D eigenvalue weighted by Gasteiger charge is 2.25. The molecule has 2 heterocycles. The molecule has 2 unspecified atom stereocenters. The SMILES string of the molecule is CC1CC(NC(=O)CCN2C(=O)CCc3ccccc32)CCN1. The van der Waals surface area contributed by atoms with E-state index in [0.717, 1.165) is 31.5 Å². The van der Waals surface area contributed by atoms with Gasteiger partial charge in [-0.3, -0.25) is 9.59 Å². The van der Waals surface area contributed by atoms with Crippen LogP contribution >= 0.6 is 0 Å². The van der Waals surface area contributed by atoms with Crippen molar-refractivity contribution in [3.05, 3.63) is 29.8 Å². The molecule has 3 rings (SSSR count). The molecular weight excluding hydrogens is 290 g/mol. The summed E-state index contributed by atoms with van der Waals surface area (Å²) in [7, 11) is 0. The standard InChI is InChI=1S/C18H25N3O2/c1-13-12-15(8-10-19-13)20-17(22)9-11-21-16-5-3-2-4-14(16)6-7-18(21)23/h2-5,13,15,19H,6-12H2,1H3,(H,20,22). The minimum absolute atomic E-state index is 0.0416. The zero-order valence-corrected chi connectivity index (χ0v) is 13.7. The van der Waals surface area contributed by atoms with E-state index >= 15 is 0 Å². The maximum Gasteiger partial charge on any atom is 0.227 e. The molecule has 1 aromatic rings. The van der Waals surface area contributed by atoms with Crippen LogP contribution in [0.1, 0.15) is 38.2 Å². The van der Waals surface area contributed by atoms with Crippen molar-refractivity contribution in [3.8, 4) is 0 Å². The average molecular weight is 315 g/mol. The number of benzene rings is 1. The Labute approximate surface area is 137 Å². The number of nitrogens with one attached hydrogen (secondary N) is 2. The van der Waals surface area contributed by atoms with Gasteiger partial charge in [0.2, 0.25) is 11.8 Å². The molecule has 0 radical (unpaired) electrons. The molecule has 0 spiro atoms. The van der Waals surface area contributed by atoms with Crippen molar-refractivity contribution in [1.82, 2.24) is 10.6 Å². The van der Waals surface area contributed by atoms with E-state index in [4.69, 9.17) is 0 Å². The Morgan fingerprint density at radius 1 is 1.35 bits per heavy atom. The average Bonchev–Trinajstić information content (AvgIpc) is 2.54. The molecule has 5 heteroatoms. The first-order valence-electron chi connectivity index (χ1n) is 8.54. The van der Waals surface area contributed by atoms with Crippen molar-refractivity contribution >= 4 is 17.5 Å². The molecule has 0 saturated carbocycles. The molecule has 2 amide bonds. The Balaban J connectivity index is 1.55. The van der Waals surface area contributed by atoms with Crippen LogP contribution in [0, 0.1) is 0 Å². The Kier molecular flexibility index (Phi) is 4.96. The number of carbonyl (C=O) groups is 2. The molecule has 1 saturated heterocycles. The van der Waals surface area contributed by atoms with Gasteiger partial charge in [-0.2, -0.15) is 0 Å². The molecule has 2 N–H and O–H groups in total. The molecular formula is C18H25N3O2. The molecule has 2 aliphatic rings. The number of para-hydroxylation sites is 1. The van der Waals surface area contributed by atoms with Gasteiger partial charge in [0.25, 0.3) is 0 Å². The molecule has 0 bridgehead atoms. The third-order valence-electron chi connectivity index (χ3n) is 4.74. The van der Waals surface area contributed by atoms with Crippen LogP contribution in [0.25, 0.3) is 0 Å². The second-order valence-electron chi connectivity index (χ2n) is 6.57. The summed E-state index contributed by atoms with van der Waals surface area (Å²) in [6.07, 6.45) is 3.63. The van der Waals surface area contributed by atoms with Gasteiger partial charge in [0.05, 0.1) is 0 Å². The highest BCUT2D eigenvalue weighted by atomic mass is 16.2. The van der Waals surface area contributed by atoms with Crippen LogP contribution in [0.2, 0.25) is 0 Å². The van der Waals surface area contributed by atoms with Gasteiger partial charge in [-0.05, 0) is 44.4 Å². The molecule has 2 aliphatic heterocycles. The second-order valence-corrected chi connectivity index (χ2v) is 6.57. The number of aryl methyl sites for hydroxylation is 1. The third-order valence-corrected chi connectivity index (χ3v) is 4.74. The summed E-state index contributed by atoms with van der Waals surface area (Å²) in [5.74, 6) is 0.159. The van der Waals surface area contributed by atoms with Gasteiger partial charge in [-0.25, -0.2) is 0 Å². The lowest BCUT2D eigenvalue weighted by Gasteiger charge is -2.30. The Morgan fingerprint density at radius 2 is 2.17 bits per heavy atom. The quantitative estimate of drug-likeness (QED) is 0.887. The highest BCUT2D eigenvalue weighted by Crippen LogP contribution is 2.27. The van der Waals surface area contributed by atoms with Crippen LogP contribution in [0.4, 0.5) is 5.69 Å². The maximum atomic E-state index is 12.2. The summed E-state index contributed by atoms with van der Waals surface area (Å²) in [5, 5.41) is 6.49. The van der Waals surface area contributed by atoms with Crippen molar-refractivity contribution in [2.75, 3.05) is 18.0 Å². The van der Waals surface area contributed by atoms with Crippen LogP contribution in [0.5, 0.6) is 0 Å². The minimum Gasteiger partial charge on any atom is -0.353 e. The topological polar surface area (TPSA) is 61.4 Å². The van der Waals surface area contributed by atoms with Crippen LogP contribution in [-0.2, 0) is 16.0 Å². The molecule has 2 atom stereocenters. The monoisotopic (exact) mass is 315 g/mol. The molecule has 23 heavy (non-hydrogen) atoms. The molecule has 5 nitrogen and oxygen atoms in total. The van der Waals surface area contributed by atoms with Crippen LogP contribution in [0.3, 0.4) is 0 Å². The van der Waals surface area contributed by atoms with Crippen molar-refractivity contribution in [2.24, 2.45) is 0 Å². The number of piperidine rings is 1. The van der Waals surface area contributed by atoms with Crippen molar-refractivity contribution in [3.63, 3.8) is 0 Å². The predicted octanol–water partition coefficient (Wildman–Crippen LogP) is 1.61. The number of hydrogen-bond donors (Lipinski definition) is 2. The first-order valence-corrected chi connectivity index (χ1v) is 8.54. The number of anilines is 1. The lowest BCUT2D eigenvalue weighted by Crippen LogP contribution is -2.47. The number of nitrogens with zero attached hydrogens (tertiary/aromatic N) is 1. The summed E-state index contributed by atoms with van der Waals surface area (Å²) in [6, 6.07) is 8.68. The van der Waals surface area contributed by atoms with Gasteiger partial charge in [0.15, 0.2) is 0 Å². The highest BCUT2D eigenvalue weighted by molar-refractivity contribution is 5.97. The normalized spacial score (nSPS) is 24.2. The van der Waals surface area contributed by atoms with Crippen LogP contribution in [-0.4, -0.2) is 37.0 Å². The van der Waals surface area contributed by atoms with E-state index in [1.54, 1.807) is 4.90 Å². The van der Waals surface area contributed by atoms with Gasteiger partial charge < -0.3 is 15.5 Å².